The predicted molar refractivity (Wildman–Crippen MR) is 117 cm³/mol. The van der Waals surface area contributed by atoms with Gasteiger partial charge in [0.1, 0.15) is 17.3 Å². The molecule has 0 spiro atoms. The lowest BCUT2D eigenvalue weighted by Crippen LogP contribution is -2.36. The van der Waals surface area contributed by atoms with E-state index in [2.05, 4.69) is 4.98 Å². The van der Waals surface area contributed by atoms with Crippen LogP contribution in [0.3, 0.4) is 0 Å². The maximum atomic E-state index is 13.8. The molecule has 0 N–H and O–H groups in total. The lowest BCUT2D eigenvalue weighted by atomic mass is 10.0. The minimum atomic E-state index is -0.565. The summed E-state index contributed by atoms with van der Waals surface area (Å²) in [5.41, 5.74) is 2.03. The number of likely N-dealkylation sites (N-methyl/N-ethyl adjacent to an activating group) is 1. The maximum Gasteiger partial charge on any atom is 0.282 e. The van der Waals surface area contributed by atoms with E-state index in [-0.39, 0.29) is 17.0 Å². The number of benzene rings is 2. The number of hydrogen-bond donors (Lipinski definition) is 0. The number of carbonyl (C=O) groups excluding carboxylic acids is 2. The molecule has 2 amide bonds. The summed E-state index contributed by atoms with van der Waals surface area (Å²) in [4.78, 5) is 33.7. The van der Waals surface area contributed by atoms with Crippen molar-refractivity contribution in [2.75, 3.05) is 18.0 Å². The third kappa shape index (κ3) is 4.14. The van der Waals surface area contributed by atoms with Gasteiger partial charge in [-0.05, 0) is 66.9 Å². The van der Waals surface area contributed by atoms with Gasteiger partial charge in [-0.15, -0.1) is 0 Å². The molecule has 0 bridgehead atoms. The molecule has 3 aromatic rings. The van der Waals surface area contributed by atoms with Crippen molar-refractivity contribution in [3.05, 3.63) is 102 Å². The first-order valence-electron chi connectivity index (χ1n) is 10.3. The quantitative estimate of drug-likeness (QED) is 0.524. The molecule has 2 aromatic carbocycles. The third-order valence-corrected chi connectivity index (χ3v) is 5.38. The fourth-order valence-electron chi connectivity index (χ4n) is 3.78. The summed E-state index contributed by atoms with van der Waals surface area (Å²) in [6.07, 6.45) is 4.04. The minimum absolute atomic E-state index is 0.153. The van der Waals surface area contributed by atoms with Gasteiger partial charge in [-0.25, -0.2) is 13.7 Å². The zero-order valence-electron chi connectivity index (χ0n) is 17.5. The molecule has 1 aromatic heterocycles. The molecule has 7 heteroatoms. The first-order valence-corrected chi connectivity index (χ1v) is 10.3. The maximum absolute atomic E-state index is 13.8. The standard InChI is InChI=1S/C25H21F2N3O2/c1-2-29(15-12-17-10-13-28-14-11-17)23-22(18-6-8-19(26)9-7-18)24(31)30(25(23)32)21-5-3-4-20(27)16-21/h3-11,13-14,16H,2,12,15H2,1H3. The molecular weight excluding hydrogens is 412 g/mol. The minimum Gasteiger partial charge on any atom is -0.366 e. The molecule has 0 aliphatic carbocycles. The number of aromatic nitrogens is 1. The second-order valence-corrected chi connectivity index (χ2v) is 7.34. The van der Waals surface area contributed by atoms with Crippen molar-refractivity contribution in [3.63, 3.8) is 0 Å². The Labute approximate surface area is 184 Å². The van der Waals surface area contributed by atoms with E-state index in [1.807, 2.05) is 24.0 Å². The molecule has 0 fully saturated rings. The average Bonchev–Trinajstić information content (AvgIpc) is 3.06. The van der Waals surface area contributed by atoms with Crippen molar-refractivity contribution < 1.29 is 18.4 Å². The van der Waals surface area contributed by atoms with Crippen molar-refractivity contribution in [1.29, 1.82) is 0 Å². The second kappa shape index (κ2) is 9.09. The van der Waals surface area contributed by atoms with Crippen LogP contribution in [-0.2, 0) is 16.0 Å². The normalized spacial score (nSPS) is 13.8. The van der Waals surface area contributed by atoms with E-state index in [1.54, 1.807) is 12.4 Å². The Balaban J connectivity index is 1.76. The lowest BCUT2D eigenvalue weighted by molar-refractivity contribution is -0.120. The number of pyridine rings is 1. The summed E-state index contributed by atoms with van der Waals surface area (Å²) in [5.74, 6) is -2.09. The molecule has 1 aliphatic rings. The van der Waals surface area contributed by atoms with Crippen LogP contribution < -0.4 is 4.90 Å². The van der Waals surface area contributed by atoms with Crippen LogP contribution in [0, 0.1) is 11.6 Å². The molecule has 162 valence electrons. The molecule has 0 atom stereocenters. The van der Waals surface area contributed by atoms with Crippen LogP contribution in [-0.4, -0.2) is 34.8 Å². The fourth-order valence-corrected chi connectivity index (χ4v) is 3.78. The number of anilines is 1. The highest BCUT2D eigenvalue weighted by molar-refractivity contribution is 6.45. The lowest BCUT2D eigenvalue weighted by Gasteiger charge is -2.25. The van der Waals surface area contributed by atoms with Gasteiger partial charge >= 0.3 is 0 Å². The molecule has 0 unspecified atom stereocenters. The van der Waals surface area contributed by atoms with Gasteiger partial charge < -0.3 is 4.90 Å². The highest BCUT2D eigenvalue weighted by atomic mass is 19.1. The molecule has 32 heavy (non-hydrogen) atoms. The molecule has 0 saturated carbocycles. The molecule has 4 rings (SSSR count). The van der Waals surface area contributed by atoms with E-state index in [0.29, 0.717) is 25.1 Å². The fraction of sp³-hybridized carbons (Fsp3) is 0.160. The second-order valence-electron chi connectivity index (χ2n) is 7.34. The van der Waals surface area contributed by atoms with Crippen LogP contribution in [0.1, 0.15) is 18.1 Å². The van der Waals surface area contributed by atoms with Crippen LogP contribution in [0.2, 0.25) is 0 Å². The number of nitrogens with zero attached hydrogens (tertiary/aromatic N) is 3. The van der Waals surface area contributed by atoms with Gasteiger partial charge in [-0.3, -0.25) is 14.6 Å². The number of halogens is 2. The predicted octanol–water partition coefficient (Wildman–Crippen LogP) is 4.21. The van der Waals surface area contributed by atoms with Crippen molar-refractivity contribution in [1.82, 2.24) is 9.88 Å². The first kappa shape index (κ1) is 21.4. The summed E-state index contributed by atoms with van der Waals surface area (Å²) >= 11 is 0. The van der Waals surface area contributed by atoms with E-state index in [0.717, 1.165) is 16.5 Å². The smallest absolute Gasteiger partial charge is 0.282 e. The molecular formula is C25H21F2N3O2. The van der Waals surface area contributed by atoms with E-state index < -0.39 is 23.4 Å². The van der Waals surface area contributed by atoms with Gasteiger partial charge in [0.25, 0.3) is 11.8 Å². The Kier molecular flexibility index (Phi) is 6.07. The number of amides is 2. The van der Waals surface area contributed by atoms with Crippen molar-refractivity contribution >= 4 is 23.1 Å². The molecule has 0 saturated heterocycles. The summed E-state index contributed by atoms with van der Waals surface area (Å²) in [6.45, 7) is 2.85. The number of hydrogen-bond acceptors (Lipinski definition) is 4. The van der Waals surface area contributed by atoms with Gasteiger partial charge in [0.15, 0.2) is 0 Å². The zero-order valence-corrected chi connectivity index (χ0v) is 17.5. The molecule has 2 heterocycles. The number of rotatable bonds is 7. The SMILES string of the molecule is CCN(CCc1ccncc1)C1=C(c2ccc(F)cc2)C(=O)N(c2cccc(F)c2)C1=O. The summed E-state index contributed by atoms with van der Waals surface area (Å²) in [5, 5.41) is 0. The summed E-state index contributed by atoms with van der Waals surface area (Å²) in [6, 6.07) is 14.6. The average molecular weight is 433 g/mol. The third-order valence-electron chi connectivity index (χ3n) is 5.38. The highest BCUT2D eigenvalue weighted by Gasteiger charge is 2.42. The Hall–Kier alpha value is -3.87. The first-order chi connectivity index (χ1) is 15.5. The van der Waals surface area contributed by atoms with Crippen LogP contribution >= 0.6 is 0 Å². The van der Waals surface area contributed by atoms with E-state index >= 15 is 0 Å². The van der Waals surface area contributed by atoms with Crippen LogP contribution in [0.5, 0.6) is 0 Å². The molecule has 5 nitrogen and oxygen atoms in total. The zero-order chi connectivity index (χ0) is 22.7. The highest BCUT2D eigenvalue weighted by Crippen LogP contribution is 2.35. The van der Waals surface area contributed by atoms with Crippen molar-refractivity contribution in [2.24, 2.45) is 0 Å². The topological polar surface area (TPSA) is 53.5 Å². The van der Waals surface area contributed by atoms with E-state index in [9.17, 15) is 18.4 Å². The molecule has 0 radical (unpaired) electrons. The van der Waals surface area contributed by atoms with Crippen LogP contribution in [0.15, 0.2) is 78.8 Å². The summed E-state index contributed by atoms with van der Waals surface area (Å²) < 4.78 is 27.4. The van der Waals surface area contributed by atoms with E-state index in [4.69, 9.17) is 0 Å². The Morgan fingerprint density at radius 2 is 1.62 bits per heavy atom. The van der Waals surface area contributed by atoms with Gasteiger partial charge in [-0.1, -0.05) is 18.2 Å². The van der Waals surface area contributed by atoms with Crippen LogP contribution in [0.25, 0.3) is 5.57 Å². The largest absolute Gasteiger partial charge is 0.366 e. The van der Waals surface area contributed by atoms with Gasteiger partial charge in [0.05, 0.1) is 11.3 Å². The van der Waals surface area contributed by atoms with Crippen molar-refractivity contribution in [3.8, 4) is 0 Å². The number of carbonyl (C=O) groups is 2. The summed E-state index contributed by atoms with van der Waals surface area (Å²) in [7, 11) is 0. The molecule has 1 aliphatic heterocycles. The van der Waals surface area contributed by atoms with Crippen LogP contribution in [0.4, 0.5) is 14.5 Å². The Morgan fingerprint density at radius 1 is 0.906 bits per heavy atom. The van der Waals surface area contributed by atoms with E-state index in [1.165, 1.54) is 42.5 Å². The van der Waals surface area contributed by atoms with Crippen molar-refractivity contribution in [2.45, 2.75) is 13.3 Å². The van der Waals surface area contributed by atoms with Gasteiger partial charge in [0, 0.05) is 25.5 Å². The van der Waals surface area contributed by atoms with Gasteiger partial charge in [0.2, 0.25) is 0 Å². The van der Waals surface area contributed by atoms with Gasteiger partial charge in [-0.2, -0.15) is 0 Å². The number of imide groups is 1. The Bertz CT molecular complexity index is 1180. The Morgan fingerprint density at radius 3 is 2.28 bits per heavy atom. The monoisotopic (exact) mass is 433 g/mol.